The lowest BCUT2D eigenvalue weighted by Gasteiger charge is -2.32. The van der Waals surface area contributed by atoms with Crippen LogP contribution in [-0.2, 0) is 22.3 Å². The van der Waals surface area contributed by atoms with E-state index in [2.05, 4.69) is 20.7 Å². The van der Waals surface area contributed by atoms with Crippen LogP contribution in [0.25, 0.3) is 10.7 Å². The quantitative estimate of drug-likeness (QED) is 0.327. The Bertz CT molecular complexity index is 1430. The van der Waals surface area contributed by atoms with E-state index in [0.29, 0.717) is 4.88 Å². The Balaban J connectivity index is 1.56. The number of alkyl halides is 3. The molecule has 0 aliphatic heterocycles. The minimum Gasteiger partial charge on any atom is -0.351 e. The van der Waals surface area contributed by atoms with Crippen LogP contribution in [0, 0.1) is 5.82 Å². The highest BCUT2D eigenvalue weighted by Gasteiger charge is 2.37. The summed E-state index contributed by atoms with van der Waals surface area (Å²) < 4.78 is 54.4. The minimum atomic E-state index is -4.69. The second kappa shape index (κ2) is 10.3. The second-order valence-corrected chi connectivity index (χ2v) is 9.62. The highest BCUT2D eigenvalue weighted by atomic mass is 32.1. The zero-order chi connectivity index (χ0) is 26.9. The van der Waals surface area contributed by atoms with Crippen molar-refractivity contribution in [1.82, 2.24) is 25.5 Å². The van der Waals surface area contributed by atoms with Crippen molar-refractivity contribution in [2.75, 3.05) is 4.90 Å². The first-order valence-electron chi connectivity index (χ1n) is 11.6. The third-order valence-electron chi connectivity index (χ3n) is 5.81. The predicted octanol–water partition coefficient (Wildman–Crippen LogP) is 4.61. The van der Waals surface area contributed by atoms with E-state index in [0.717, 1.165) is 52.9 Å². The molecule has 0 radical (unpaired) electrons. The summed E-state index contributed by atoms with van der Waals surface area (Å²) in [5, 5.41) is 16.7. The summed E-state index contributed by atoms with van der Waals surface area (Å²) in [7, 11) is 0. The molecule has 1 aliphatic carbocycles. The van der Waals surface area contributed by atoms with E-state index in [1.54, 1.807) is 12.1 Å². The van der Waals surface area contributed by atoms with Crippen LogP contribution in [0.5, 0.6) is 0 Å². The largest absolute Gasteiger partial charge is 0.416 e. The molecule has 2 aromatic heterocycles. The van der Waals surface area contributed by atoms with E-state index >= 15 is 0 Å². The molecule has 196 valence electrons. The predicted molar refractivity (Wildman–Crippen MR) is 130 cm³/mol. The number of nitrogens with zero attached hydrogens (tertiary/aromatic N) is 5. The molecule has 0 saturated heterocycles. The van der Waals surface area contributed by atoms with Crippen molar-refractivity contribution in [2.45, 2.75) is 37.6 Å². The fraction of sp³-hybridized carbons (Fsp3) is 0.240. The standard InChI is InChI=1S/C25H20F4N6O2S/c26-17-8-6-15(7-9-17)22(24(37)30-18-10-11-18)35(19-4-1-3-16(13-19)25(27,28)29)21(36)14-34-32-23(31-33-34)20-5-2-12-38-20/h1-9,12-13,18,22H,10-11,14H2,(H,30,37). The number of thiophene rings is 1. The third kappa shape index (κ3) is 5.72. The number of nitrogens with one attached hydrogen (secondary N) is 1. The summed E-state index contributed by atoms with van der Waals surface area (Å²) >= 11 is 1.37. The average Bonchev–Trinajstić information content (AvgIpc) is 3.32. The van der Waals surface area contributed by atoms with Gasteiger partial charge < -0.3 is 5.32 Å². The second-order valence-electron chi connectivity index (χ2n) is 8.67. The number of carbonyl (C=O) groups is 2. The summed E-state index contributed by atoms with van der Waals surface area (Å²) in [5.41, 5.74) is -0.933. The van der Waals surface area contributed by atoms with Crippen molar-refractivity contribution in [3.8, 4) is 10.7 Å². The number of anilines is 1. The summed E-state index contributed by atoms with van der Waals surface area (Å²) in [6.45, 7) is -0.511. The molecule has 2 aromatic carbocycles. The van der Waals surface area contributed by atoms with Crippen LogP contribution >= 0.6 is 11.3 Å². The Kier molecular flexibility index (Phi) is 6.93. The van der Waals surface area contributed by atoms with Gasteiger partial charge in [0.2, 0.25) is 11.7 Å². The highest BCUT2D eigenvalue weighted by Crippen LogP contribution is 2.35. The molecule has 1 N–H and O–H groups in total. The van der Waals surface area contributed by atoms with Crippen molar-refractivity contribution in [3.05, 3.63) is 83.0 Å². The van der Waals surface area contributed by atoms with Gasteiger partial charge in [-0.15, -0.1) is 21.5 Å². The van der Waals surface area contributed by atoms with E-state index in [9.17, 15) is 27.2 Å². The molecular weight excluding hydrogens is 524 g/mol. The SMILES string of the molecule is O=C(NC1CC1)C(c1ccc(F)cc1)N(C(=O)Cn1nnc(-c2cccs2)n1)c1cccc(C(F)(F)F)c1. The summed E-state index contributed by atoms with van der Waals surface area (Å²) in [5.74, 6) is -1.66. The Morgan fingerprint density at radius 1 is 1.11 bits per heavy atom. The number of benzene rings is 2. The van der Waals surface area contributed by atoms with Gasteiger partial charge in [-0.2, -0.15) is 18.0 Å². The van der Waals surface area contributed by atoms with Crippen molar-refractivity contribution in [2.24, 2.45) is 0 Å². The average molecular weight is 545 g/mol. The Morgan fingerprint density at radius 3 is 2.53 bits per heavy atom. The Morgan fingerprint density at radius 2 is 1.87 bits per heavy atom. The number of hydrogen-bond acceptors (Lipinski definition) is 6. The van der Waals surface area contributed by atoms with Crippen LogP contribution in [0.1, 0.15) is 30.0 Å². The van der Waals surface area contributed by atoms with Crippen LogP contribution in [0.15, 0.2) is 66.0 Å². The van der Waals surface area contributed by atoms with Crippen LogP contribution in [0.4, 0.5) is 23.2 Å². The van der Waals surface area contributed by atoms with Gasteiger partial charge in [0.25, 0.3) is 5.91 Å². The number of hydrogen-bond donors (Lipinski definition) is 1. The van der Waals surface area contributed by atoms with Gasteiger partial charge in [0.1, 0.15) is 18.4 Å². The van der Waals surface area contributed by atoms with E-state index in [4.69, 9.17) is 0 Å². The first-order chi connectivity index (χ1) is 18.2. The zero-order valence-electron chi connectivity index (χ0n) is 19.6. The lowest BCUT2D eigenvalue weighted by Crippen LogP contribution is -2.46. The molecule has 2 heterocycles. The summed E-state index contributed by atoms with van der Waals surface area (Å²) in [6.07, 6.45) is -3.20. The molecule has 0 bridgehead atoms. The summed E-state index contributed by atoms with van der Waals surface area (Å²) in [4.78, 5) is 29.8. The topological polar surface area (TPSA) is 93.0 Å². The van der Waals surface area contributed by atoms with Crippen LogP contribution in [0.2, 0.25) is 0 Å². The first kappa shape index (κ1) is 25.5. The number of amides is 2. The number of aromatic nitrogens is 4. The van der Waals surface area contributed by atoms with Crippen LogP contribution in [-0.4, -0.2) is 38.1 Å². The van der Waals surface area contributed by atoms with Crippen molar-refractivity contribution >= 4 is 28.8 Å². The molecule has 1 aliphatic rings. The third-order valence-corrected chi connectivity index (χ3v) is 6.67. The van der Waals surface area contributed by atoms with Gasteiger partial charge >= 0.3 is 6.18 Å². The fourth-order valence-electron chi connectivity index (χ4n) is 3.85. The Labute approximate surface area is 217 Å². The monoisotopic (exact) mass is 544 g/mol. The molecule has 38 heavy (non-hydrogen) atoms. The summed E-state index contributed by atoms with van der Waals surface area (Å²) in [6, 6.07) is 11.1. The van der Waals surface area contributed by atoms with Crippen molar-refractivity contribution < 1.29 is 27.2 Å². The van der Waals surface area contributed by atoms with E-state index in [-0.39, 0.29) is 23.1 Å². The minimum absolute atomic E-state index is 0.103. The van der Waals surface area contributed by atoms with Crippen molar-refractivity contribution in [1.29, 1.82) is 0 Å². The lowest BCUT2D eigenvalue weighted by molar-refractivity contribution is -0.137. The Hall–Kier alpha value is -4.13. The van der Waals surface area contributed by atoms with Gasteiger partial charge in [0.05, 0.1) is 10.4 Å². The van der Waals surface area contributed by atoms with Gasteiger partial charge in [-0.25, -0.2) is 4.39 Å². The highest BCUT2D eigenvalue weighted by molar-refractivity contribution is 7.13. The molecule has 1 saturated carbocycles. The van der Waals surface area contributed by atoms with Gasteiger partial charge in [-0.05, 0) is 65.4 Å². The fourth-order valence-corrected chi connectivity index (χ4v) is 4.50. The maximum absolute atomic E-state index is 13.7. The van der Waals surface area contributed by atoms with Gasteiger partial charge in [0, 0.05) is 11.7 Å². The number of halogens is 4. The molecule has 1 unspecified atom stereocenters. The maximum atomic E-state index is 13.7. The molecule has 5 rings (SSSR count). The molecule has 1 fully saturated rings. The number of tetrazole rings is 1. The molecule has 8 nitrogen and oxygen atoms in total. The molecule has 2 amide bonds. The van der Waals surface area contributed by atoms with Gasteiger partial charge in [-0.3, -0.25) is 14.5 Å². The van der Waals surface area contributed by atoms with Gasteiger partial charge in [0.15, 0.2) is 0 Å². The van der Waals surface area contributed by atoms with E-state index < -0.39 is 42.0 Å². The van der Waals surface area contributed by atoms with Crippen molar-refractivity contribution in [3.63, 3.8) is 0 Å². The maximum Gasteiger partial charge on any atom is 0.416 e. The van der Waals surface area contributed by atoms with Crippen LogP contribution < -0.4 is 10.2 Å². The van der Waals surface area contributed by atoms with Crippen LogP contribution in [0.3, 0.4) is 0 Å². The number of carbonyl (C=O) groups excluding carboxylic acids is 2. The zero-order valence-corrected chi connectivity index (χ0v) is 20.4. The molecule has 1 atom stereocenters. The molecule has 13 heteroatoms. The van der Waals surface area contributed by atoms with E-state index in [1.807, 2.05) is 5.38 Å². The smallest absolute Gasteiger partial charge is 0.351 e. The molecule has 0 spiro atoms. The molecule has 4 aromatic rings. The van der Waals surface area contributed by atoms with E-state index in [1.165, 1.54) is 29.5 Å². The first-order valence-corrected chi connectivity index (χ1v) is 12.4. The molecular formula is C25H20F4N6O2S. The number of rotatable bonds is 8. The normalized spacial score (nSPS) is 14.2. The van der Waals surface area contributed by atoms with Gasteiger partial charge in [-0.1, -0.05) is 24.3 Å². The lowest BCUT2D eigenvalue weighted by atomic mass is 10.0.